The highest BCUT2D eigenvalue weighted by Crippen LogP contribution is 2.43. The van der Waals surface area contributed by atoms with E-state index in [4.69, 9.17) is 54.5 Å². The van der Waals surface area contributed by atoms with Crippen LogP contribution in [0.1, 0.15) is 182 Å². The van der Waals surface area contributed by atoms with Gasteiger partial charge in [-0.05, 0) is 211 Å². The number of nitrogens with one attached hydrogen (secondary N) is 1. The number of ether oxygens (including phenoxy) is 5. The molecule has 4 unspecified atom stereocenters. The van der Waals surface area contributed by atoms with E-state index in [1.807, 2.05) is 85.3 Å². The van der Waals surface area contributed by atoms with E-state index < -0.39 is 65.4 Å². The summed E-state index contributed by atoms with van der Waals surface area (Å²) in [7, 11) is 6.25. The van der Waals surface area contributed by atoms with Crippen molar-refractivity contribution in [2.45, 2.75) is 168 Å². The Balaban J connectivity index is 0.000000223. The Morgan fingerprint density at radius 1 is 0.421 bits per heavy atom. The summed E-state index contributed by atoms with van der Waals surface area (Å²) in [5.41, 5.74) is 5.35. The van der Waals surface area contributed by atoms with Gasteiger partial charge >= 0.3 is 23.8 Å². The van der Waals surface area contributed by atoms with E-state index in [9.17, 15) is 57.5 Å². The Labute approximate surface area is 723 Å². The summed E-state index contributed by atoms with van der Waals surface area (Å²) in [4.78, 5) is 160. The molecule has 0 radical (unpaired) electrons. The molecule has 0 aliphatic heterocycles. The highest BCUT2D eigenvalue weighted by atomic mass is 32.1. The number of hydrogen-bond donors (Lipinski definition) is 2. The van der Waals surface area contributed by atoms with Crippen LogP contribution in [0.4, 0.5) is 22.7 Å². The van der Waals surface area contributed by atoms with E-state index in [-0.39, 0.29) is 87.3 Å². The van der Waals surface area contributed by atoms with Crippen LogP contribution in [-0.2, 0) is 62.3 Å². The molecule has 4 heterocycles. The maximum absolute atomic E-state index is 13.7. The molecule has 2 saturated carbocycles. The minimum Gasteiger partial charge on any atom is -0.497 e. The zero-order chi connectivity index (χ0) is 88.2. The minimum atomic E-state index is -1.08. The number of carbonyl (C=O) groups excluding carboxylic acids is 11. The first kappa shape index (κ1) is 95.9. The molecule has 23 nitrogen and oxygen atoms in total. The van der Waals surface area contributed by atoms with Crippen molar-refractivity contribution in [3.8, 4) is 72.4 Å². The van der Waals surface area contributed by atoms with Gasteiger partial charge in [0.2, 0.25) is 17.6 Å². The smallest absolute Gasteiger partial charge is 0.306 e. The van der Waals surface area contributed by atoms with Crippen LogP contribution < -0.4 is 43.9 Å². The molecule has 10 rings (SSSR count). The molecule has 5 amide bonds. The van der Waals surface area contributed by atoms with E-state index in [1.165, 1.54) is 62.3 Å². The van der Waals surface area contributed by atoms with Crippen LogP contribution in [0.5, 0.6) is 23.0 Å². The third-order valence-electron chi connectivity index (χ3n) is 20.3. The first-order chi connectivity index (χ1) is 58.2. The summed E-state index contributed by atoms with van der Waals surface area (Å²) in [6.45, 7) is 9.41. The second-order valence-electron chi connectivity index (χ2n) is 28.4. The van der Waals surface area contributed by atoms with E-state index in [1.54, 1.807) is 129 Å². The van der Waals surface area contributed by atoms with Crippen LogP contribution in [0.25, 0.3) is 0 Å². The molecule has 0 spiro atoms. The van der Waals surface area contributed by atoms with Gasteiger partial charge in [-0.2, -0.15) is 0 Å². The van der Waals surface area contributed by atoms with Crippen LogP contribution in [0.2, 0.25) is 0 Å². The van der Waals surface area contributed by atoms with Crippen molar-refractivity contribution in [2.75, 3.05) is 61.2 Å². The predicted molar refractivity (Wildman–Crippen MR) is 472 cm³/mol. The molecule has 2 aliphatic carbocycles. The number of rotatable bonds is 37. The highest BCUT2D eigenvalue weighted by molar-refractivity contribution is 7.11. The molecule has 2 fully saturated rings. The molecule has 4 aromatic carbocycles. The van der Waals surface area contributed by atoms with Gasteiger partial charge in [0.1, 0.15) is 47.2 Å². The molecule has 2 aliphatic rings. The maximum Gasteiger partial charge on any atom is 0.306 e. The first-order valence-electron chi connectivity index (χ1n) is 39.4. The van der Waals surface area contributed by atoms with Gasteiger partial charge in [-0.25, -0.2) is 0 Å². The van der Waals surface area contributed by atoms with E-state index in [0.29, 0.717) is 85.7 Å². The number of anilines is 4. The Bertz CT molecular complexity index is 5070. The van der Waals surface area contributed by atoms with Crippen molar-refractivity contribution in [3.05, 3.63) is 185 Å². The quantitative estimate of drug-likeness (QED) is 0.0208. The minimum absolute atomic E-state index is 0.0253. The Hall–Kier alpha value is -12.2. The summed E-state index contributed by atoms with van der Waals surface area (Å²) in [5, 5.41) is 18.9. The van der Waals surface area contributed by atoms with E-state index >= 15 is 0 Å². The SMILES string of the molecule is C#CC(=O)CCC(=O)N(c1ccc(OC)cc1C)C(C(=O)CC1CCCC1)c1cccs1.C#CC(=O)N(c1ccc(OC)cc1C)C(C(=O)CCC(=O)O)c1cccs1.C#CC(=O)N(c1ccc(OC)cc1C)C(C(=O)CCC(=O)OCC)c1cccs1.C#CC(=O)NCCC(=O)N(c1ccc(OC)cc1C)C(C(=O)CC1CCCC1)c1cccs1. The molecule has 4 atom stereocenters. The third-order valence-corrected chi connectivity index (χ3v) is 24.0. The zero-order valence-electron chi connectivity index (χ0n) is 69.4. The fourth-order valence-electron chi connectivity index (χ4n) is 14.4. The van der Waals surface area contributed by atoms with E-state index in [0.717, 1.165) is 77.8 Å². The average molecular weight is 1720 g/mol. The second kappa shape index (κ2) is 48.7. The average Bonchev–Trinajstić information content (AvgIpc) is 1.79. The molecule has 0 bridgehead atoms. The highest BCUT2D eigenvalue weighted by Gasteiger charge is 2.40. The number of aliphatic carboxylic acids is 1. The molecule has 8 aromatic rings. The molecule has 0 saturated heterocycles. The van der Waals surface area contributed by atoms with Gasteiger partial charge in [0.25, 0.3) is 5.91 Å². The van der Waals surface area contributed by atoms with Crippen molar-refractivity contribution < 1.29 is 86.3 Å². The topological polar surface area (TPSA) is 296 Å². The van der Waals surface area contributed by atoms with Crippen molar-refractivity contribution >= 4 is 138 Å². The summed E-state index contributed by atoms with van der Waals surface area (Å²) in [6, 6.07) is 32.4. The lowest BCUT2D eigenvalue weighted by atomic mass is 9.94. The molecular weight excluding hydrogens is 1620 g/mol. The lowest BCUT2D eigenvalue weighted by molar-refractivity contribution is -0.144. The fourth-order valence-corrected chi connectivity index (χ4v) is 17.7. The van der Waals surface area contributed by atoms with Crippen LogP contribution in [0.3, 0.4) is 0 Å². The number of methoxy groups -OCH3 is 4. The van der Waals surface area contributed by atoms with E-state index in [2.05, 4.69) is 23.1 Å². The number of esters is 1. The number of hydrogen-bond acceptors (Lipinski definition) is 21. The lowest BCUT2D eigenvalue weighted by Gasteiger charge is -2.32. The number of terminal acetylenes is 4. The number of thiophene rings is 4. The first-order valence-corrected chi connectivity index (χ1v) is 42.9. The molecule has 121 heavy (non-hydrogen) atoms. The number of aryl methyl sites for hydroxylation is 4. The Morgan fingerprint density at radius 2 is 0.752 bits per heavy atom. The summed E-state index contributed by atoms with van der Waals surface area (Å²) in [5.74, 6) is 6.56. The summed E-state index contributed by atoms with van der Waals surface area (Å²) in [6.07, 6.45) is 30.1. The Kier molecular flexibility index (Phi) is 38.6. The van der Waals surface area contributed by atoms with Gasteiger partial charge < -0.3 is 34.1 Å². The molecule has 2 N–H and O–H groups in total. The van der Waals surface area contributed by atoms with Gasteiger partial charge in [0.15, 0.2) is 23.1 Å². The number of Topliss-reactive ketones (excluding diaryl/α,β-unsaturated/α-hetero) is 5. The van der Waals surface area contributed by atoms with Gasteiger partial charge in [-0.1, -0.05) is 75.6 Å². The molecule has 27 heteroatoms. The third kappa shape index (κ3) is 27.4. The molecule has 634 valence electrons. The lowest BCUT2D eigenvalue weighted by Crippen LogP contribution is -2.41. The number of carboxylic acid groups (broad SMARTS) is 1. The number of nitrogens with zero attached hydrogens (tertiary/aromatic N) is 4. The molecular formula is C94H101N5O18S4. The van der Waals surface area contributed by atoms with Crippen LogP contribution in [0, 0.1) is 88.9 Å². The van der Waals surface area contributed by atoms with Gasteiger partial charge in [-0.15, -0.1) is 71.0 Å². The van der Waals surface area contributed by atoms with Gasteiger partial charge in [0, 0.05) is 93.7 Å². The maximum atomic E-state index is 13.7. The number of amides is 5. The van der Waals surface area contributed by atoms with Crippen molar-refractivity contribution in [2.24, 2.45) is 11.8 Å². The fraction of sp³-hybridized carbons (Fsp3) is 0.362. The van der Waals surface area contributed by atoms with Crippen molar-refractivity contribution in [3.63, 3.8) is 0 Å². The van der Waals surface area contributed by atoms with Crippen LogP contribution in [-0.4, -0.2) is 117 Å². The van der Waals surface area contributed by atoms with Crippen molar-refractivity contribution in [1.29, 1.82) is 0 Å². The predicted octanol–water partition coefficient (Wildman–Crippen LogP) is 16.6. The number of carbonyl (C=O) groups is 12. The normalized spacial score (nSPS) is 13.0. The Morgan fingerprint density at radius 3 is 1.04 bits per heavy atom. The largest absolute Gasteiger partial charge is 0.497 e. The summed E-state index contributed by atoms with van der Waals surface area (Å²) >= 11 is 5.58. The van der Waals surface area contributed by atoms with Crippen molar-refractivity contribution in [1.82, 2.24) is 5.32 Å². The van der Waals surface area contributed by atoms with Crippen LogP contribution >= 0.6 is 45.3 Å². The standard InChI is InChI=1S/C26H30N2O4S.C26H29NO4S.C22H23NO5S.C20H19NO5S/c1-4-24(30)27-14-13-25(31)28(21-12-11-20(32-3)16-18(21)2)26(23-10-7-15-33-23)22(29)17-19-8-5-6-9-19;1-4-20(28)11-14-25(30)27(22-13-12-21(31-3)16-18(22)2)26(24-10-7-15-32-24)23(29)17-19-8-5-6-9-19;1-5-20(25)23(17-10-9-16(27-4)14-15(17)3)22(19-8-7-13-29-19)18(24)11-12-21(26)28-6-2;1-4-18(23)21(15-8-7-14(26-3)12-13(15)2)20(17-6-5-11-27-17)16(22)9-10-19(24)25/h1,7,10-12,15-16,19,26H,5-6,8-9,13-14,17H2,2-3H3,(H,27,30);1,7,10,12-13,15-16,19,26H,5-6,8-9,11,14,17H2,2-3H3;1,7-10,13-14,22H,6,11-12H2,2-4H3;1,5-8,11-12,20H,9-10H2,2-3H3,(H,24,25). The monoisotopic (exact) mass is 1720 g/mol. The zero-order valence-corrected chi connectivity index (χ0v) is 72.6. The number of benzene rings is 4. The van der Waals surface area contributed by atoms with Gasteiger partial charge in [-0.3, -0.25) is 77.1 Å². The van der Waals surface area contributed by atoms with Gasteiger partial charge in [0.05, 0.1) is 47.9 Å². The second-order valence-corrected chi connectivity index (χ2v) is 32.4. The van der Waals surface area contributed by atoms with Crippen LogP contribution in [0.15, 0.2) is 143 Å². The summed E-state index contributed by atoms with van der Waals surface area (Å²) < 4.78 is 26.0. The number of ketones is 5. The molecule has 4 aromatic heterocycles. The number of carboxylic acids is 1.